The van der Waals surface area contributed by atoms with Gasteiger partial charge in [0.25, 0.3) is 0 Å². The monoisotopic (exact) mass is 1160 g/mol. The Kier molecular flexibility index (Phi) is 22.2. The maximum Gasteiger partial charge on any atom is 0.338 e. The van der Waals surface area contributed by atoms with E-state index in [1.807, 2.05) is 60.7 Å². The quantitative estimate of drug-likeness (QED) is 0.0580. The van der Waals surface area contributed by atoms with Crippen LogP contribution in [0.2, 0.25) is 0 Å². The van der Waals surface area contributed by atoms with Crippen LogP contribution in [0.3, 0.4) is 0 Å². The van der Waals surface area contributed by atoms with Crippen molar-refractivity contribution in [3.8, 4) is 0 Å². The van der Waals surface area contributed by atoms with E-state index in [0.29, 0.717) is 0 Å². The molecule has 15 atom stereocenters. The molecular weight excluding hydrogens is 1090 g/mol. The summed E-state index contributed by atoms with van der Waals surface area (Å²) in [4.78, 5) is 95.3. The topological polar surface area (TPSA) is 261 Å². The van der Waals surface area contributed by atoms with Crippen molar-refractivity contribution in [1.82, 2.24) is 5.32 Å². The first-order valence-electron chi connectivity index (χ1n) is 27.2. The van der Waals surface area contributed by atoms with Crippen molar-refractivity contribution in [3.63, 3.8) is 0 Å². The van der Waals surface area contributed by atoms with Crippen LogP contribution < -0.4 is 5.32 Å². The number of methoxy groups -OCH3 is 1. The number of hydrogen-bond acceptors (Lipinski definition) is 21. The van der Waals surface area contributed by atoms with Gasteiger partial charge in [-0.2, -0.15) is 0 Å². The highest BCUT2D eigenvalue weighted by Crippen LogP contribution is 2.39. The molecule has 84 heavy (non-hydrogen) atoms. The third kappa shape index (κ3) is 16.7. The lowest BCUT2D eigenvalue weighted by atomic mass is 9.94. The standard InChI is InChI=1S/C62H67NO21/c1-36-49(80-57(68)43-26-16-9-17-27-43)53(81-58(69)44-28-18-10-19-29-44)55(82-59(70)45-30-20-11-21-31-45)61(75-36)84-56-54(77-40(5)67)51(76-39(4)66)47(35-73-38(3)65)79-62(56)83-52-48(63-37(2)64)60(71-6)78-46(34-72-32-41-22-12-7-13-23-41)50(52)74-33-42-24-14-8-15-25-42/h7-31,36,46-56,60-62H,32-35H2,1-6H3,(H,63,64)/t36-,46+,47+,48+,49-,50+,51-,52+,53+,54-,55+,56+,60-,61-,62+/m0/s1. The van der Waals surface area contributed by atoms with Gasteiger partial charge >= 0.3 is 35.8 Å². The van der Waals surface area contributed by atoms with E-state index in [4.69, 9.17) is 66.3 Å². The number of benzene rings is 5. The van der Waals surface area contributed by atoms with Gasteiger partial charge in [0.05, 0.1) is 42.6 Å². The predicted molar refractivity (Wildman–Crippen MR) is 292 cm³/mol. The van der Waals surface area contributed by atoms with Gasteiger partial charge in [0, 0.05) is 34.8 Å². The number of nitrogens with one attached hydrogen (secondary N) is 1. The van der Waals surface area contributed by atoms with Crippen LogP contribution in [-0.4, -0.2) is 154 Å². The summed E-state index contributed by atoms with van der Waals surface area (Å²) in [5.41, 5.74) is 1.80. The molecule has 5 aromatic rings. The molecule has 22 nitrogen and oxygen atoms in total. The first kappa shape index (κ1) is 62.1. The van der Waals surface area contributed by atoms with E-state index in [0.717, 1.165) is 31.9 Å². The van der Waals surface area contributed by atoms with Gasteiger partial charge in [-0.1, -0.05) is 115 Å². The number of carbonyl (C=O) groups is 7. The Balaban J connectivity index is 1.27. The molecule has 0 spiro atoms. The fraction of sp³-hybridized carbons (Fsp3) is 0.403. The summed E-state index contributed by atoms with van der Waals surface area (Å²) < 4.78 is 88.9. The number of hydrogen-bond donors (Lipinski definition) is 1. The molecule has 5 aromatic carbocycles. The van der Waals surface area contributed by atoms with E-state index >= 15 is 0 Å². The van der Waals surface area contributed by atoms with E-state index in [-0.39, 0.29) is 36.5 Å². The number of amides is 1. The number of rotatable bonds is 23. The van der Waals surface area contributed by atoms with Crippen LogP contribution in [-0.2, 0) is 98.7 Å². The minimum atomic E-state index is -1.93. The van der Waals surface area contributed by atoms with Gasteiger partial charge in [-0.25, -0.2) is 14.4 Å². The average Bonchev–Trinajstić information content (AvgIpc) is 3.31. The molecule has 3 aliphatic rings. The lowest BCUT2D eigenvalue weighted by molar-refractivity contribution is -0.381. The summed E-state index contributed by atoms with van der Waals surface area (Å²) in [5.74, 6) is -5.92. The van der Waals surface area contributed by atoms with Crippen LogP contribution in [0.5, 0.6) is 0 Å². The molecule has 0 saturated carbocycles. The molecule has 8 rings (SSSR count). The molecule has 0 unspecified atom stereocenters. The molecule has 0 aromatic heterocycles. The summed E-state index contributed by atoms with van der Waals surface area (Å²) >= 11 is 0. The van der Waals surface area contributed by atoms with Crippen LogP contribution >= 0.6 is 0 Å². The van der Waals surface area contributed by atoms with Crippen molar-refractivity contribution in [2.24, 2.45) is 0 Å². The second-order valence-corrected chi connectivity index (χ2v) is 19.9. The van der Waals surface area contributed by atoms with Crippen molar-refractivity contribution in [2.45, 2.75) is 140 Å². The lowest BCUT2D eigenvalue weighted by Crippen LogP contribution is -2.70. The minimum absolute atomic E-state index is 0.0316. The lowest BCUT2D eigenvalue weighted by Gasteiger charge is -2.51. The Bertz CT molecular complexity index is 2960. The normalized spacial score (nSPS) is 27.4. The second-order valence-electron chi connectivity index (χ2n) is 19.9. The van der Waals surface area contributed by atoms with Crippen molar-refractivity contribution in [2.75, 3.05) is 20.3 Å². The molecule has 446 valence electrons. The minimum Gasteiger partial charge on any atom is -0.463 e. The molecule has 3 fully saturated rings. The van der Waals surface area contributed by atoms with Crippen molar-refractivity contribution in [1.29, 1.82) is 0 Å². The summed E-state index contributed by atoms with van der Waals surface area (Å²) in [6, 6.07) is 40.8. The van der Waals surface area contributed by atoms with Gasteiger partial charge in [-0.05, 0) is 54.4 Å². The summed E-state index contributed by atoms with van der Waals surface area (Å²) in [5, 5.41) is 2.87. The van der Waals surface area contributed by atoms with E-state index in [2.05, 4.69) is 5.32 Å². The first-order chi connectivity index (χ1) is 40.6. The predicted octanol–water partition coefficient (Wildman–Crippen LogP) is 6.01. The van der Waals surface area contributed by atoms with Crippen molar-refractivity contribution in [3.05, 3.63) is 179 Å². The van der Waals surface area contributed by atoms with Gasteiger partial charge in [0.2, 0.25) is 5.91 Å². The van der Waals surface area contributed by atoms with E-state index < -0.39 is 140 Å². The maximum absolute atomic E-state index is 14.5. The molecule has 22 heteroatoms. The molecule has 1 N–H and O–H groups in total. The van der Waals surface area contributed by atoms with E-state index in [1.165, 1.54) is 57.4 Å². The van der Waals surface area contributed by atoms with Crippen LogP contribution in [0.25, 0.3) is 0 Å². The smallest absolute Gasteiger partial charge is 0.338 e. The van der Waals surface area contributed by atoms with Gasteiger partial charge < -0.3 is 71.6 Å². The van der Waals surface area contributed by atoms with Crippen molar-refractivity contribution < 1.29 is 99.9 Å². The van der Waals surface area contributed by atoms with Crippen LogP contribution in [0.15, 0.2) is 152 Å². The third-order valence-corrected chi connectivity index (χ3v) is 13.6. The Labute approximate surface area is 485 Å². The zero-order valence-electron chi connectivity index (χ0n) is 47.0. The fourth-order valence-corrected chi connectivity index (χ4v) is 9.86. The van der Waals surface area contributed by atoms with Gasteiger partial charge in [-0.15, -0.1) is 0 Å². The highest BCUT2D eigenvalue weighted by molar-refractivity contribution is 5.91. The summed E-state index contributed by atoms with van der Waals surface area (Å²) in [6.45, 7) is 5.40. The Hall–Kier alpha value is -7.93. The fourth-order valence-electron chi connectivity index (χ4n) is 9.86. The third-order valence-electron chi connectivity index (χ3n) is 13.6. The number of ether oxygens (including phenoxy) is 14. The summed E-state index contributed by atoms with van der Waals surface area (Å²) in [7, 11) is 1.35. The van der Waals surface area contributed by atoms with Gasteiger partial charge in [-0.3, -0.25) is 19.2 Å². The molecule has 0 aliphatic carbocycles. The molecule has 1 amide bonds. The zero-order chi connectivity index (χ0) is 59.7. The largest absolute Gasteiger partial charge is 0.463 e. The zero-order valence-corrected chi connectivity index (χ0v) is 47.0. The molecular formula is C62H67NO21. The first-order valence-corrected chi connectivity index (χ1v) is 27.2. The Morgan fingerprint density at radius 2 is 0.857 bits per heavy atom. The second kappa shape index (κ2) is 30.1. The SMILES string of the molecule is CO[C@H]1O[C@H](COCc2ccccc2)[C@@H](OCc2ccccc2)[C@H](O[C@H]2O[C@H](COC(C)=O)[C@H](OC(C)=O)[C@H](OC(C)=O)[C@H]2O[C@@H]2O[C@@H](C)[C@H](OC(=O)c3ccccc3)[C@@H](OC(=O)c3ccccc3)[C@H]2OC(=O)c2ccccc2)[C@H]1NC(C)=O. The molecule has 3 aliphatic heterocycles. The van der Waals surface area contributed by atoms with E-state index in [9.17, 15) is 33.6 Å². The summed E-state index contributed by atoms with van der Waals surface area (Å²) in [6.07, 6.45) is -22.0. The van der Waals surface area contributed by atoms with Crippen LogP contribution in [0.1, 0.15) is 76.8 Å². The maximum atomic E-state index is 14.5. The Morgan fingerprint density at radius 3 is 1.36 bits per heavy atom. The highest BCUT2D eigenvalue weighted by Gasteiger charge is 2.59. The molecule has 3 saturated heterocycles. The molecule has 0 bridgehead atoms. The van der Waals surface area contributed by atoms with Crippen molar-refractivity contribution >= 4 is 41.7 Å². The van der Waals surface area contributed by atoms with Gasteiger partial charge in [0.1, 0.15) is 37.1 Å². The van der Waals surface area contributed by atoms with Gasteiger partial charge in [0.15, 0.2) is 55.5 Å². The van der Waals surface area contributed by atoms with Crippen LogP contribution in [0.4, 0.5) is 0 Å². The Morgan fingerprint density at radius 1 is 0.429 bits per heavy atom. The average molecular weight is 1160 g/mol. The number of carbonyl (C=O) groups excluding carboxylic acids is 7. The highest BCUT2D eigenvalue weighted by atomic mass is 16.8. The molecule has 0 radical (unpaired) electrons. The van der Waals surface area contributed by atoms with E-state index in [1.54, 1.807) is 54.6 Å². The number of esters is 6. The van der Waals surface area contributed by atoms with Crippen LogP contribution in [0, 0.1) is 0 Å². The molecule has 3 heterocycles.